The van der Waals surface area contributed by atoms with Crippen LogP contribution in [0.15, 0.2) is 54.6 Å². The van der Waals surface area contributed by atoms with Gasteiger partial charge in [0.25, 0.3) is 0 Å². The third-order valence-electron chi connectivity index (χ3n) is 3.69. The van der Waals surface area contributed by atoms with Gasteiger partial charge in [0, 0.05) is 29.2 Å². The van der Waals surface area contributed by atoms with Gasteiger partial charge in [-0.15, -0.1) is 0 Å². The van der Waals surface area contributed by atoms with Crippen molar-refractivity contribution in [2.45, 2.75) is 6.92 Å². The normalized spacial score (nSPS) is 11.5. The first kappa shape index (κ1) is 11.8. The maximum atomic E-state index is 2.25. The van der Waals surface area contributed by atoms with E-state index in [0.717, 1.165) is 0 Å². The maximum absolute atomic E-state index is 2.25. The monoisotopic (exact) mass is 247 g/mol. The first-order chi connectivity index (χ1) is 9.27. The molecule has 0 aliphatic carbocycles. The summed E-state index contributed by atoms with van der Waals surface area (Å²) in [5.74, 6) is 0. The molecule has 3 rings (SSSR count). The molecule has 0 radical (unpaired) electrons. The largest absolute Gasteiger partial charge is 0.347 e. The quantitative estimate of drug-likeness (QED) is 0.621. The average molecular weight is 247 g/mol. The van der Waals surface area contributed by atoms with Crippen molar-refractivity contribution >= 4 is 23.1 Å². The first-order valence-corrected chi connectivity index (χ1v) is 6.54. The van der Waals surface area contributed by atoms with E-state index in [-0.39, 0.29) is 0 Å². The molecule has 0 spiro atoms. The lowest BCUT2D eigenvalue weighted by Crippen LogP contribution is -1.89. The zero-order chi connectivity index (χ0) is 13.2. The van der Waals surface area contributed by atoms with Crippen LogP contribution < -0.4 is 0 Å². The minimum Gasteiger partial charge on any atom is -0.347 e. The molecule has 0 bridgehead atoms. The van der Waals surface area contributed by atoms with Crippen LogP contribution >= 0.6 is 0 Å². The minimum absolute atomic E-state index is 1.23. The van der Waals surface area contributed by atoms with Gasteiger partial charge < -0.3 is 4.57 Å². The SMILES string of the molecule is Cc1c(/C=C/c2ccccc2)c2ccccc2n1C. The fourth-order valence-electron chi connectivity index (χ4n) is 2.50. The fourth-order valence-corrected chi connectivity index (χ4v) is 2.50. The van der Waals surface area contributed by atoms with E-state index in [0.29, 0.717) is 0 Å². The number of rotatable bonds is 2. The van der Waals surface area contributed by atoms with Crippen molar-refractivity contribution in [1.82, 2.24) is 4.57 Å². The van der Waals surface area contributed by atoms with Crippen LogP contribution in [0.25, 0.3) is 23.1 Å². The number of benzene rings is 2. The third-order valence-corrected chi connectivity index (χ3v) is 3.69. The summed E-state index contributed by atoms with van der Waals surface area (Å²) < 4.78 is 2.25. The predicted molar refractivity (Wildman–Crippen MR) is 83.0 cm³/mol. The summed E-state index contributed by atoms with van der Waals surface area (Å²) in [5, 5.41) is 1.31. The van der Waals surface area contributed by atoms with Crippen molar-refractivity contribution in [3.05, 3.63) is 71.4 Å². The van der Waals surface area contributed by atoms with E-state index in [1.165, 1.54) is 27.7 Å². The van der Waals surface area contributed by atoms with Crippen molar-refractivity contribution in [2.75, 3.05) is 0 Å². The van der Waals surface area contributed by atoms with E-state index in [4.69, 9.17) is 0 Å². The molecule has 1 nitrogen and oxygen atoms in total. The number of para-hydroxylation sites is 1. The van der Waals surface area contributed by atoms with E-state index < -0.39 is 0 Å². The van der Waals surface area contributed by atoms with Crippen molar-refractivity contribution in [3.8, 4) is 0 Å². The molecule has 94 valence electrons. The zero-order valence-electron chi connectivity index (χ0n) is 11.3. The second-order valence-corrected chi connectivity index (χ2v) is 4.82. The number of aryl methyl sites for hydroxylation is 1. The summed E-state index contributed by atoms with van der Waals surface area (Å²) in [6.45, 7) is 2.17. The Morgan fingerprint density at radius 1 is 0.842 bits per heavy atom. The molecule has 1 aromatic heterocycles. The molecule has 0 saturated carbocycles. The molecule has 0 aliphatic heterocycles. The first-order valence-electron chi connectivity index (χ1n) is 6.54. The van der Waals surface area contributed by atoms with Crippen LogP contribution in [0, 0.1) is 6.92 Å². The summed E-state index contributed by atoms with van der Waals surface area (Å²) in [6, 6.07) is 19.0. The smallest absolute Gasteiger partial charge is 0.0486 e. The molecule has 19 heavy (non-hydrogen) atoms. The highest BCUT2D eigenvalue weighted by Crippen LogP contribution is 2.26. The highest BCUT2D eigenvalue weighted by molar-refractivity contribution is 5.93. The third kappa shape index (κ3) is 2.08. The Morgan fingerprint density at radius 3 is 2.32 bits per heavy atom. The Kier molecular flexibility index (Phi) is 2.96. The van der Waals surface area contributed by atoms with Gasteiger partial charge in [0.2, 0.25) is 0 Å². The van der Waals surface area contributed by atoms with Crippen LogP contribution in [0.1, 0.15) is 16.8 Å². The molecule has 0 saturated heterocycles. The van der Waals surface area contributed by atoms with Crippen LogP contribution in [-0.2, 0) is 7.05 Å². The van der Waals surface area contributed by atoms with Gasteiger partial charge in [0.1, 0.15) is 0 Å². The molecular weight excluding hydrogens is 230 g/mol. The van der Waals surface area contributed by atoms with Crippen LogP contribution in [0.5, 0.6) is 0 Å². The lowest BCUT2D eigenvalue weighted by Gasteiger charge is -1.97. The van der Waals surface area contributed by atoms with Gasteiger partial charge in [-0.3, -0.25) is 0 Å². The summed E-state index contributed by atoms with van der Waals surface area (Å²) in [5.41, 5.74) is 5.12. The van der Waals surface area contributed by atoms with Crippen molar-refractivity contribution in [2.24, 2.45) is 7.05 Å². The molecular formula is C18H17N. The number of hydrogen-bond acceptors (Lipinski definition) is 0. The summed E-state index contributed by atoms with van der Waals surface area (Å²) in [7, 11) is 2.12. The van der Waals surface area contributed by atoms with Crippen molar-refractivity contribution < 1.29 is 0 Å². The predicted octanol–water partition coefficient (Wildman–Crippen LogP) is 4.66. The van der Waals surface area contributed by atoms with Gasteiger partial charge >= 0.3 is 0 Å². The van der Waals surface area contributed by atoms with E-state index in [1.807, 2.05) is 6.07 Å². The second-order valence-electron chi connectivity index (χ2n) is 4.82. The Balaban J connectivity index is 2.11. The standard InChI is InChI=1S/C18H17N/c1-14-16(13-12-15-8-4-3-5-9-15)17-10-6-7-11-18(17)19(14)2/h3-13H,1-2H3/b13-12+. The number of nitrogens with zero attached hydrogens (tertiary/aromatic N) is 1. The number of aromatic nitrogens is 1. The minimum atomic E-state index is 1.23. The average Bonchev–Trinajstić information content (AvgIpc) is 2.71. The lowest BCUT2D eigenvalue weighted by molar-refractivity contribution is 0.916. The second kappa shape index (κ2) is 4.77. The van der Waals surface area contributed by atoms with Crippen LogP contribution in [0.4, 0.5) is 0 Å². The van der Waals surface area contributed by atoms with Crippen LogP contribution in [0.3, 0.4) is 0 Å². The number of fused-ring (bicyclic) bond motifs is 1. The summed E-state index contributed by atoms with van der Waals surface area (Å²) >= 11 is 0. The maximum Gasteiger partial charge on any atom is 0.0486 e. The van der Waals surface area contributed by atoms with Crippen molar-refractivity contribution in [1.29, 1.82) is 0 Å². The Hall–Kier alpha value is -2.28. The van der Waals surface area contributed by atoms with Gasteiger partial charge in [-0.1, -0.05) is 60.7 Å². The molecule has 1 heteroatoms. The number of hydrogen-bond donors (Lipinski definition) is 0. The van der Waals surface area contributed by atoms with Gasteiger partial charge in [-0.2, -0.15) is 0 Å². The molecule has 0 amide bonds. The van der Waals surface area contributed by atoms with Gasteiger partial charge in [0.05, 0.1) is 0 Å². The Bertz CT molecular complexity index is 733. The van der Waals surface area contributed by atoms with Crippen LogP contribution in [-0.4, -0.2) is 4.57 Å². The van der Waals surface area contributed by atoms with Gasteiger partial charge in [-0.25, -0.2) is 0 Å². The van der Waals surface area contributed by atoms with Crippen LogP contribution in [0.2, 0.25) is 0 Å². The van der Waals surface area contributed by atoms with Gasteiger partial charge in [-0.05, 0) is 18.6 Å². The van der Waals surface area contributed by atoms with E-state index in [2.05, 4.69) is 79.2 Å². The molecule has 0 N–H and O–H groups in total. The molecule has 0 aliphatic rings. The Morgan fingerprint density at radius 2 is 1.53 bits per heavy atom. The summed E-state index contributed by atoms with van der Waals surface area (Å²) in [6.07, 6.45) is 4.39. The molecule has 3 aromatic rings. The van der Waals surface area contributed by atoms with Crippen molar-refractivity contribution in [3.63, 3.8) is 0 Å². The zero-order valence-corrected chi connectivity index (χ0v) is 11.3. The molecule has 0 fully saturated rings. The molecule has 1 heterocycles. The Labute approximate surface area is 113 Å². The highest BCUT2D eigenvalue weighted by Gasteiger charge is 2.08. The summed E-state index contributed by atoms with van der Waals surface area (Å²) in [4.78, 5) is 0. The lowest BCUT2D eigenvalue weighted by atomic mass is 10.1. The topological polar surface area (TPSA) is 4.93 Å². The van der Waals surface area contributed by atoms with E-state index >= 15 is 0 Å². The van der Waals surface area contributed by atoms with E-state index in [9.17, 15) is 0 Å². The fraction of sp³-hybridized carbons (Fsp3) is 0.111. The van der Waals surface area contributed by atoms with Gasteiger partial charge in [0.15, 0.2) is 0 Å². The molecule has 2 aromatic carbocycles. The van der Waals surface area contributed by atoms with E-state index in [1.54, 1.807) is 0 Å². The highest BCUT2D eigenvalue weighted by atomic mass is 14.9. The molecule has 0 atom stereocenters. The molecule has 0 unspecified atom stereocenters.